The van der Waals surface area contributed by atoms with Crippen molar-refractivity contribution in [2.45, 2.75) is 33.5 Å². The highest BCUT2D eigenvalue weighted by Crippen LogP contribution is 2.15. The fourth-order valence-electron chi connectivity index (χ4n) is 3.57. The van der Waals surface area contributed by atoms with Crippen molar-refractivity contribution in [3.63, 3.8) is 0 Å². The lowest BCUT2D eigenvalue weighted by molar-refractivity contribution is 0.0786. The van der Waals surface area contributed by atoms with Crippen molar-refractivity contribution in [2.24, 2.45) is 7.05 Å². The molecule has 0 bridgehead atoms. The van der Waals surface area contributed by atoms with Crippen molar-refractivity contribution < 1.29 is 4.79 Å². The van der Waals surface area contributed by atoms with Crippen LogP contribution in [0, 0.1) is 0 Å². The number of hydrogen-bond donors (Lipinski definition) is 0. The average Bonchev–Trinajstić information content (AvgIpc) is 2.71. The predicted molar refractivity (Wildman–Crippen MR) is 111 cm³/mol. The molecule has 0 aliphatic rings. The summed E-state index contributed by atoms with van der Waals surface area (Å²) in [4.78, 5) is 53.0. The van der Waals surface area contributed by atoms with E-state index in [2.05, 4.69) is 0 Å². The molecule has 3 aromatic rings. The Balaban J connectivity index is 2.29. The zero-order valence-electron chi connectivity index (χ0n) is 17.0. The Morgan fingerprint density at radius 1 is 1.00 bits per heavy atom. The fraction of sp³-hybridized carbons (Fsp3) is 0.333. The number of fused-ring (bicyclic) bond motifs is 1. The molecular formula is C21H24N4O4. The van der Waals surface area contributed by atoms with Crippen LogP contribution in [0.1, 0.15) is 29.8 Å². The van der Waals surface area contributed by atoms with Crippen LogP contribution in [-0.4, -0.2) is 31.6 Å². The maximum absolute atomic E-state index is 13.2. The van der Waals surface area contributed by atoms with Gasteiger partial charge in [-0.3, -0.25) is 28.1 Å². The minimum atomic E-state index is -0.565. The Kier molecular flexibility index (Phi) is 5.54. The quantitative estimate of drug-likeness (QED) is 0.648. The number of rotatable bonds is 5. The third kappa shape index (κ3) is 3.41. The Labute approximate surface area is 167 Å². The van der Waals surface area contributed by atoms with Gasteiger partial charge >= 0.3 is 5.69 Å². The summed E-state index contributed by atoms with van der Waals surface area (Å²) >= 11 is 0. The minimum absolute atomic E-state index is 0.0101. The minimum Gasteiger partial charge on any atom is -0.337 e. The average molecular weight is 396 g/mol. The van der Waals surface area contributed by atoms with Crippen LogP contribution >= 0.6 is 0 Å². The molecule has 0 atom stereocenters. The number of nitrogens with zero attached hydrogens (tertiary/aromatic N) is 4. The van der Waals surface area contributed by atoms with E-state index < -0.39 is 22.7 Å². The third-order valence-corrected chi connectivity index (χ3v) is 5.05. The van der Waals surface area contributed by atoms with Crippen LogP contribution in [0.15, 0.2) is 50.8 Å². The predicted octanol–water partition coefficient (Wildman–Crippen LogP) is 1.17. The van der Waals surface area contributed by atoms with Gasteiger partial charge in [0.15, 0.2) is 0 Å². The zero-order chi connectivity index (χ0) is 21.3. The van der Waals surface area contributed by atoms with Crippen LogP contribution in [0.3, 0.4) is 0 Å². The molecule has 0 radical (unpaired) electrons. The van der Waals surface area contributed by atoms with Gasteiger partial charge in [-0.2, -0.15) is 0 Å². The number of amides is 1. The zero-order valence-corrected chi connectivity index (χ0v) is 17.0. The van der Waals surface area contributed by atoms with Crippen molar-refractivity contribution in [3.8, 4) is 0 Å². The molecule has 8 heteroatoms. The van der Waals surface area contributed by atoms with Crippen LogP contribution in [0.25, 0.3) is 11.0 Å². The molecule has 1 amide bonds. The van der Waals surface area contributed by atoms with Crippen LogP contribution in [0.4, 0.5) is 0 Å². The molecule has 2 heterocycles. The lowest BCUT2D eigenvalue weighted by Gasteiger charge is -2.20. The van der Waals surface area contributed by atoms with Crippen molar-refractivity contribution in [2.75, 3.05) is 7.05 Å². The first-order valence-electron chi connectivity index (χ1n) is 9.48. The first-order chi connectivity index (χ1) is 13.8. The second-order valence-corrected chi connectivity index (χ2v) is 6.88. The largest absolute Gasteiger partial charge is 0.337 e. The molecule has 0 fully saturated rings. The van der Waals surface area contributed by atoms with E-state index in [-0.39, 0.29) is 29.7 Å². The molecule has 0 N–H and O–H groups in total. The number of carbonyl (C=O) groups excluding carboxylic acids is 1. The van der Waals surface area contributed by atoms with Crippen molar-refractivity contribution >= 4 is 16.9 Å². The number of aromatic nitrogens is 3. The van der Waals surface area contributed by atoms with E-state index in [0.29, 0.717) is 6.54 Å². The van der Waals surface area contributed by atoms with Crippen LogP contribution in [0.5, 0.6) is 0 Å². The van der Waals surface area contributed by atoms with E-state index in [0.717, 1.165) is 10.1 Å². The summed E-state index contributed by atoms with van der Waals surface area (Å²) in [6.45, 7) is 4.20. The molecule has 0 aliphatic heterocycles. The number of carbonyl (C=O) groups is 1. The summed E-state index contributed by atoms with van der Waals surface area (Å²) in [5, 5.41) is 0.0836. The maximum atomic E-state index is 13.2. The van der Waals surface area contributed by atoms with Gasteiger partial charge in [-0.25, -0.2) is 4.79 Å². The molecule has 2 aromatic heterocycles. The van der Waals surface area contributed by atoms with E-state index in [4.69, 9.17) is 0 Å². The van der Waals surface area contributed by atoms with Gasteiger partial charge in [-0.1, -0.05) is 30.3 Å². The van der Waals surface area contributed by atoms with E-state index in [9.17, 15) is 19.2 Å². The number of benzene rings is 1. The summed E-state index contributed by atoms with van der Waals surface area (Å²) < 4.78 is 3.67. The molecule has 0 saturated carbocycles. The number of hydrogen-bond acceptors (Lipinski definition) is 4. The molecule has 29 heavy (non-hydrogen) atoms. The van der Waals surface area contributed by atoms with E-state index >= 15 is 0 Å². The Hall–Kier alpha value is -3.42. The van der Waals surface area contributed by atoms with E-state index in [1.807, 2.05) is 30.3 Å². The Morgan fingerprint density at radius 2 is 1.62 bits per heavy atom. The van der Waals surface area contributed by atoms with Gasteiger partial charge in [0.2, 0.25) is 0 Å². The summed E-state index contributed by atoms with van der Waals surface area (Å²) in [7, 11) is 3.12. The van der Waals surface area contributed by atoms with Crippen LogP contribution in [-0.2, 0) is 26.7 Å². The van der Waals surface area contributed by atoms with Gasteiger partial charge in [0.25, 0.3) is 17.0 Å². The van der Waals surface area contributed by atoms with E-state index in [1.54, 1.807) is 20.9 Å². The van der Waals surface area contributed by atoms with E-state index in [1.165, 1.54) is 27.1 Å². The first-order valence-corrected chi connectivity index (χ1v) is 9.48. The molecule has 0 saturated heterocycles. The van der Waals surface area contributed by atoms with Gasteiger partial charge in [0.05, 0.1) is 10.9 Å². The van der Waals surface area contributed by atoms with Crippen LogP contribution in [0.2, 0.25) is 0 Å². The van der Waals surface area contributed by atoms with Gasteiger partial charge in [0.1, 0.15) is 5.65 Å². The normalized spacial score (nSPS) is 11.0. The van der Waals surface area contributed by atoms with Crippen molar-refractivity contribution in [1.29, 1.82) is 0 Å². The van der Waals surface area contributed by atoms with Gasteiger partial charge in [-0.05, 0) is 19.4 Å². The Bertz CT molecular complexity index is 1250. The fourth-order valence-corrected chi connectivity index (χ4v) is 3.57. The highest BCUT2D eigenvalue weighted by atomic mass is 16.2. The van der Waals surface area contributed by atoms with Crippen molar-refractivity contribution in [1.82, 2.24) is 18.6 Å². The lowest BCUT2D eigenvalue weighted by atomic mass is 10.1. The SMILES string of the molecule is CCn1c(=O)c2c(C(=O)N(C)Cc3ccccc3)cc(=O)n(CC)c2n(C)c1=O. The smallest absolute Gasteiger partial charge is 0.332 e. The summed E-state index contributed by atoms with van der Waals surface area (Å²) in [5.41, 5.74) is -0.418. The Morgan fingerprint density at radius 3 is 2.21 bits per heavy atom. The molecule has 152 valence electrons. The van der Waals surface area contributed by atoms with Gasteiger partial charge in [-0.15, -0.1) is 0 Å². The monoisotopic (exact) mass is 396 g/mol. The van der Waals surface area contributed by atoms with Gasteiger partial charge < -0.3 is 4.90 Å². The lowest BCUT2D eigenvalue weighted by Crippen LogP contribution is -2.42. The summed E-state index contributed by atoms with van der Waals surface area (Å²) in [6, 6.07) is 10.6. The molecule has 0 spiro atoms. The molecule has 0 aliphatic carbocycles. The van der Waals surface area contributed by atoms with Crippen LogP contribution < -0.4 is 16.8 Å². The number of aryl methyl sites for hydroxylation is 2. The maximum Gasteiger partial charge on any atom is 0.332 e. The molecule has 1 aromatic carbocycles. The standard InChI is InChI=1S/C21H24N4O4/c1-5-24-16(26)12-15(19(27)22(3)13-14-10-8-7-9-11-14)17-18(24)23(4)21(29)25(6-2)20(17)28/h7-12H,5-6,13H2,1-4H3. The summed E-state index contributed by atoms with van der Waals surface area (Å²) in [6.07, 6.45) is 0. The molecule has 8 nitrogen and oxygen atoms in total. The highest BCUT2D eigenvalue weighted by Gasteiger charge is 2.23. The second-order valence-electron chi connectivity index (χ2n) is 6.88. The topological polar surface area (TPSA) is 86.3 Å². The first kappa shape index (κ1) is 20.3. The molecule has 0 unspecified atom stereocenters. The highest BCUT2D eigenvalue weighted by molar-refractivity contribution is 6.05. The van der Waals surface area contributed by atoms with Crippen molar-refractivity contribution in [3.05, 3.63) is 78.7 Å². The second kappa shape index (κ2) is 7.90. The molecular weight excluding hydrogens is 372 g/mol. The molecule has 3 rings (SSSR count). The van der Waals surface area contributed by atoms with Gasteiger partial charge in [0, 0.05) is 39.8 Å². The summed E-state index contributed by atoms with van der Waals surface area (Å²) in [5.74, 6) is -0.447. The number of pyridine rings is 1. The third-order valence-electron chi connectivity index (χ3n) is 5.05.